The van der Waals surface area contributed by atoms with Gasteiger partial charge in [-0.15, -0.1) is 0 Å². The molecule has 0 saturated carbocycles. The van der Waals surface area contributed by atoms with Crippen molar-refractivity contribution in [2.75, 3.05) is 0 Å². The van der Waals surface area contributed by atoms with Gasteiger partial charge in [-0.25, -0.2) is 4.79 Å². The third-order valence-corrected chi connectivity index (χ3v) is 1.59. The molecule has 0 fully saturated rings. The Morgan fingerprint density at radius 3 is 2.56 bits per heavy atom. The highest BCUT2D eigenvalue weighted by atomic mass is 16.6. The molecule has 0 spiro atoms. The zero-order valence-electron chi connectivity index (χ0n) is 9.57. The summed E-state index contributed by atoms with van der Waals surface area (Å²) in [6.07, 6.45) is 0. The Morgan fingerprint density at radius 2 is 2.06 bits per heavy atom. The standard InChI is InChI=1S/C10H13NO5/c1-6-7(8(11-16-6)14-5-12)9(13)15-10(2,3)4/h5H,1-4H3. The van der Waals surface area contributed by atoms with Gasteiger partial charge < -0.3 is 14.0 Å². The fraction of sp³-hybridized carbons (Fsp3) is 0.500. The van der Waals surface area contributed by atoms with Gasteiger partial charge >= 0.3 is 5.97 Å². The summed E-state index contributed by atoms with van der Waals surface area (Å²) in [4.78, 5) is 21.9. The average molecular weight is 227 g/mol. The number of carbonyl (C=O) groups is 2. The first-order valence-electron chi connectivity index (χ1n) is 4.65. The predicted molar refractivity (Wildman–Crippen MR) is 53.1 cm³/mol. The first-order chi connectivity index (χ1) is 7.35. The number of aromatic nitrogens is 1. The van der Waals surface area contributed by atoms with Crippen molar-refractivity contribution >= 4 is 12.4 Å². The highest BCUT2D eigenvalue weighted by molar-refractivity contribution is 5.93. The highest BCUT2D eigenvalue weighted by Gasteiger charge is 2.27. The van der Waals surface area contributed by atoms with Gasteiger partial charge in [0.25, 0.3) is 12.4 Å². The van der Waals surface area contributed by atoms with Gasteiger partial charge in [0, 0.05) is 0 Å². The second-order valence-electron chi connectivity index (χ2n) is 4.13. The summed E-state index contributed by atoms with van der Waals surface area (Å²) in [5, 5.41) is 3.43. The fourth-order valence-corrected chi connectivity index (χ4v) is 1.04. The van der Waals surface area contributed by atoms with Gasteiger partial charge in [-0.3, -0.25) is 4.79 Å². The summed E-state index contributed by atoms with van der Waals surface area (Å²) in [6, 6.07) is 0. The van der Waals surface area contributed by atoms with Gasteiger partial charge in [-0.1, -0.05) is 0 Å². The molecule has 0 aliphatic carbocycles. The van der Waals surface area contributed by atoms with Crippen molar-refractivity contribution in [2.45, 2.75) is 33.3 Å². The summed E-state index contributed by atoms with van der Waals surface area (Å²) < 4.78 is 14.4. The zero-order chi connectivity index (χ0) is 12.3. The Balaban J connectivity index is 2.98. The number of esters is 1. The number of nitrogens with zero attached hydrogens (tertiary/aromatic N) is 1. The Bertz CT molecular complexity index is 402. The normalized spacial score (nSPS) is 11.0. The maximum Gasteiger partial charge on any atom is 0.347 e. The predicted octanol–water partition coefficient (Wildman–Crippen LogP) is 1.47. The van der Waals surface area contributed by atoms with Crippen molar-refractivity contribution in [3.8, 4) is 5.88 Å². The van der Waals surface area contributed by atoms with Crippen molar-refractivity contribution in [3.05, 3.63) is 11.3 Å². The number of aryl methyl sites for hydroxylation is 1. The molecule has 0 unspecified atom stereocenters. The maximum atomic E-state index is 11.7. The van der Waals surface area contributed by atoms with Gasteiger partial charge in [0.1, 0.15) is 5.60 Å². The molecular formula is C10H13NO5. The van der Waals surface area contributed by atoms with E-state index in [4.69, 9.17) is 9.26 Å². The monoisotopic (exact) mass is 227 g/mol. The van der Waals surface area contributed by atoms with Crippen LogP contribution in [0.25, 0.3) is 0 Å². The van der Waals surface area contributed by atoms with Crippen molar-refractivity contribution in [2.24, 2.45) is 0 Å². The van der Waals surface area contributed by atoms with Crippen LogP contribution in [0, 0.1) is 6.92 Å². The lowest BCUT2D eigenvalue weighted by Gasteiger charge is -2.18. The fourth-order valence-electron chi connectivity index (χ4n) is 1.04. The van der Waals surface area contributed by atoms with Gasteiger partial charge in [-0.05, 0) is 32.9 Å². The van der Waals surface area contributed by atoms with Crippen molar-refractivity contribution in [3.63, 3.8) is 0 Å². The Labute approximate surface area is 92.5 Å². The van der Waals surface area contributed by atoms with E-state index in [1.807, 2.05) is 0 Å². The van der Waals surface area contributed by atoms with Crippen LogP contribution in [0.15, 0.2) is 4.52 Å². The Hall–Kier alpha value is -1.85. The molecule has 1 aromatic heterocycles. The molecule has 0 radical (unpaired) electrons. The maximum absolute atomic E-state index is 11.7. The summed E-state index contributed by atoms with van der Waals surface area (Å²) in [7, 11) is 0. The third-order valence-electron chi connectivity index (χ3n) is 1.59. The lowest BCUT2D eigenvalue weighted by Crippen LogP contribution is -2.24. The molecule has 0 aliphatic rings. The van der Waals surface area contributed by atoms with Crippen molar-refractivity contribution in [1.29, 1.82) is 0 Å². The van der Waals surface area contributed by atoms with Crippen LogP contribution in [0.3, 0.4) is 0 Å². The molecule has 16 heavy (non-hydrogen) atoms. The highest BCUT2D eigenvalue weighted by Crippen LogP contribution is 2.23. The molecule has 0 aliphatic heterocycles. The van der Waals surface area contributed by atoms with Crippen LogP contribution in [0.2, 0.25) is 0 Å². The minimum Gasteiger partial charge on any atom is -0.456 e. The lowest BCUT2D eigenvalue weighted by atomic mass is 10.2. The molecule has 1 rings (SSSR count). The minimum absolute atomic E-state index is 0.0297. The van der Waals surface area contributed by atoms with Crippen LogP contribution in [0.4, 0.5) is 0 Å². The molecular weight excluding hydrogens is 214 g/mol. The number of rotatable bonds is 3. The summed E-state index contributed by atoms with van der Waals surface area (Å²) >= 11 is 0. The van der Waals surface area contributed by atoms with Crippen LogP contribution in [-0.2, 0) is 9.53 Å². The van der Waals surface area contributed by atoms with E-state index in [-0.39, 0.29) is 23.7 Å². The van der Waals surface area contributed by atoms with Gasteiger partial charge in [0.2, 0.25) is 0 Å². The van der Waals surface area contributed by atoms with E-state index in [1.165, 1.54) is 6.92 Å². The summed E-state index contributed by atoms with van der Waals surface area (Å²) in [6.45, 7) is 6.89. The summed E-state index contributed by atoms with van der Waals surface area (Å²) in [5.41, 5.74) is -0.610. The SMILES string of the molecule is Cc1onc(OC=O)c1C(=O)OC(C)(C)C. The number of hydrogen-bond acceptors (Lipinski definition) is 6. The first-order valence-corrected chi connectivity index (χ1v) is 4.65. The largest absolute Gasteiger partial charge is 0.456 e. The molecule has 6 heteroatoms. The Kier molecular flexibility index (Phi) is 3.31. The van der Waals surface area contributed by atoms with E-state index in [0.717, 1.165) is 0 Å². The van der Waals surface area contributed by atoms with Crippen molar-refractivity contribution in [1.82, 2.24) is 5.16 Å². The molecule has 0 bridgehead atoms. The molecule has 6 nitrogen and oxygen atoms in total. The molecule has 0 saturated heterocycles. The molecule has 0 atom stereocenters. The quantitative estimate of drug-likeness (QED) is 0.574. The lowest BCUT2D eigenvalue weighted by molar-refractivity contribution is -0.121. The smallest absolute Gasteiger partial charge is 0.347 e. The van der Waals surface area contributed by atoms with E-state index in [2.05, 4.69) is 9.89 Å². The van der Waals surface area contributed by atoms with E-state index < -0.39 is 11.6 Å². The third kappa shape index (κ3) is 2.82. The van der Waals surface area contributed by atoms with Crippen molar-refractivity contribution < 1.29 is 23.6 Å². The first kappa shape index (κ1) is 12.2. The van der Waals surface area contributed by atoms with Crippen LogP contribution < -0.4 is 4.74 Å². The molecule has 88 valence electrons. The molecule has 1 heterocycles. The average Bonchev–Trinajstić information content (AvgIpc) is 2.44. The van der Waals surface area contributed by atoms with Crippen LogP contribution in [0.1, 0.15) is 36.9 Å². The Morgan fingerprint density at radius 1 is 1.44 bits per heavy atom. The van der Waals surface area contributed by atoms with E-state index in [1.54, 1.807) is 20.8 Å². The van der Waals surface area contributed by atoms with Gasteiger partial charge in [0.15, 0.2) is 11.3 Å². The van der Waals surface area contributed by atoms with E-state index in [9.17, 15) is 9.59 Å². The van der Waals surface area contributed by atoms with Gasteiger partial charge in [0.05, 0.1) is 0 Å². The second kappa shape index (κ2) is 4.34. The van der Waals surface area contributed by atoms with Crippen LogP contribution in [0.5, 0.6) is 5.88 Å². The topological polar surface area (TPSA) is 78.6 Å². The molecule has 0 amide bonds. The number of ether oxygens (including phenoxy) is 2. The zero-order valence-corrected chi connectivity index (χ0v) is 9.57. The van der Waals surface area contributed by atoms with Crippen LogP contribution >= 0.6 is 0 Å². The van der Waals surface area contributed by atoms with E-state index in [0.29, 0.717) is 0 Å². The number of carbonyl (C=O) groups excluding carboxylic acids is 2. The molecule has 1 aromatic rings. The molecule has 0 N–H and O–H groups in total. The second-order valence-corrected chi connectivity index (χ2v) is 4.13. The number of hydrogen-bond donors (Lipinski definition) is 0. The minimum atomic E-state index is -0.640. The van der Waals surface area contributed by atoms with E-state index >= 15 is 0 Å². The summed E-state index contributed by atoms with van der Waals surface area (Å²) in [5.74, 6) is -0.573. The van der Waals surface area contributed by atoms with Crippen LogP contribution in [-0.4, -0.2) is 23.2 Å². The molecule has 0 aromatic carbocycles. The van der Waals surface area contributed by atoms with Gasteiger partial charge in [-0.2, -0.15) is 0 Å².